The Morgan fingerprint density at radius 1 is 1.29 bits per heavy atom. The normalized spacial score (nSPS) is 21.9. The molecule has 0 bridgehead atoms. The first-order valence-corrected chi connectivity index (χ1v) is 7.85. The second-order valence-electron chi connectivity index (χ2n) is 5.90. The molecule has 21 heavy (non-hydrogen) atoms. The van der Waals surface area contributed by atoms with Gasteiger partial charge in [-0.25, -0.2) is 0 Å². The number of rotatable bonds is 8. The lowest BCUT2D eigenvalue weighted by atomic mass is 10.0. The average molecular weight is 292 g/mol. The van der Waals surface area contributed by atoms with Crippen LogP contribution in [0.25, 0.3) is 0 Å². The molecule has 1 aliphatic heterocycles. The van der Waals surface area contributed by atoms with Crippen molar-refractivity contribution >= 4 is 0 Å². The van der Waals surface area contributed by atoms with Crippen LogP contribution in [0.3, 0.4) is 0 Å². The molecular formula is C17H28N2O2. The monoisotopic (exact) mass is 292 g/mol. The highest BCUT2D eigenvalue weighted by Gasteiger charge is 2.28. The van der Waals surface area contributed by atoms with Gasteiger partial charge in [0.15, 0.2) is 0 Å². The second-order valence-corrected chi connectivity index (χ2v) is 5.90. The molecule has 0 saturated carbocycles. The van der Waals surface area contributed by atoms with Crippen molar-refractivity contribution in [1.82, 2.24) is 10.2 Å². The summed E-state index contributed by atoms with van der Waals surface area (Å²) in [6.07, 6.45) is 1.17. The van der Waals surface area contributed by atoms with Gasteiger partial charge in [0.1, 0.15) is 5.75 Å². The summed E-state index contributed by atoms with van der Waals surface area (Å²) in [7, 11) is 3.88. The Kier molecular flexibility index (Phi) is 6.49. The van der Waals surface area contributed by atoms with Crippen LogP contribution in [-0.2, 0) is 11.3 Å². The van der Waals surface area contributed by atoms with Crippen LogP contribution in [0.2, 0.25) is 0 Å². The van der Waals surface area contributed by atoms with Gasteiger partial charge in [-0.1, -0.05) is 19.1 Å². The molecule has 4 nitrogen and oxygen atoms in total. The molecule has 1 heterocycles. The quantitative estimate of drug-likeness (QED) is 0.796. The van der Waals surface area contributed by atoms with Crippen molar-refractivity contribution in [2.45, 2.75) is 25.9 Å². The van der Waals surface area contributed by atoms with Crippen molar-refractivity contribution < 1.29 is 9.47 Å². The van der Waals surface area contributed by atoms with Gasteiger partial charge in [-0.05, 0) is 37.7 Å². The van der Waals surface area contributed by atoms with Crippen molar-refractivity contribution in [2.75, 3.05) is 40.5 Å². The SMILES string of the molecule is CCCNC1COCC1CN(C)Cc1ccc(OC)cc1. The summed E-state index contributed by atoms with van der Waals surface area (Å²) >= 11 is 0. The van der Waals surface area contributed by atoms with Crippen LogP contribution in [0, 0.1) is 5.92 Å². The maximum Gasteiger partial charge on any atom is 0.118 e. The first-order valence-electron chi connectivity index (χ1n) is 7.85. The third kappa shape index (κ3) is 4.99. The van der Waals surface area contributed by atoms with Crippen LogP contribution in [0.4, 0.5) is 0 Å². The summed E-state index contributed by atoms with van der Waals surface area (Å²) in [5, 5.41) is 3.60. The van der Waals surface area contributed by atoms with E-state index in [2.05, 4.69) is 36.3 Å². The lowest BCUT2D eigenvalue weighted by molar-refractivity contribution is 0.172. The molecule has 0 spiro atoms. The fraction of sp³-hybridized carbons (Fsp3) is 0.647. The first-order chi connectivity index (χ1) is 10.2. The third-order valence-corrected chi connectivity index (χ3v) is 4.01. The van der Waals surface area contributed by atoms with E-state index in [1.807, 2.05) is 12.1 Å². The highest BCUT2D eigenvalue weighted by molar-refractivity contribution is 5.27. The van der Waals surface area contributed by atoms with Crippen LogP contribution in [0.1, 0.15) is 18.9 Å². The van der Waals surface area contributed by atoms with Crippen LogP contribution in [-0.4, -0.2) is 51.4 Å². The van der Waals surface area contributed by atoms with Crippen LogP contribution in [0.5, 0.6) is 5.75 Å². The van der Waals surface area contributed by atoms with E-state index in [0.717, 1.165) is 38.6 Å². The maximum atomic E-state index is 5.64. The van der Waals surface area contributed by atoms with Crippen molar-refractivity contribution in [1.29, 1.82) is 0 Å². The highest BCUT2D eigenvalue weighted by atomic mass is 16.5. The Hall–Kier alpha value is -1.10. The molecule has 0 aromatic heterocycles. The molecule has 1 aromatic rings. The van der Waals surface area contributed by atoms with E-state index < -0.39 is 0 Å². The minimum absolute atomic E-state index is 0.503. The van der Waals surface area contributed by atoms with Gasteiger partial charge in [-0.3, -0.25) is 0 Å². The van der Waals surface area contributed by atoms with E-state index in [4.69, 9.17) is 9.47 Å². The van der Waals surface area contributed by atoms with E-state index >= 15 is 0 Å². The van der Waals surface area contributed by atoms with Crippen molar-refractivity contribution in [2.24, 2.45) is 5.92 Å². The average Bonchev–Trinajstić information content (AvgIpc) is 2.93. The summed E-state index contributed by atoms with van der Waals surface area (Å²) < 4.78 is 10.8. The summed E-state index contributed by atoms with van der Waals surface area (Å²) in [5.74, 6) is 1.49. The Balaban J connectivity index is 1.81. The molecule has 0 radical (unpaired) electrons. The molecule has 0 amide bonds. The molecule has 1 N–H and O–H groups in total. The van der Waals surface area contributed by atoms with Crippen molar-refractivity contribution in [3.63, 3.8) is 0 Å². The molecule has 2 atom stereocenters. The van der Waals surface area contributed by atoms with Crippen molar-refractivity contribution in [3.05, 3.63) is 29.8 Å². The minimum Gasteiger partial charge on any atom is -0.497 e. The molecular weight excluding hydrogens is 264 g/mol. The summed E-state index contributed by atoms with van der Waals surface area (Å²) in [5.41, 5.74) is 1.32. The predicted molar refractivity (Wildman–Crippen MR) is 85.7 cm³/mol. The van der Waals surface area contributed by atoms with Gasteiger partial charge < -0.3 is 19.7 Å². The zero-order valence-electron chi connectivity index (χ0n) is 13.5. The van der Waals surface area contributed by atoms with Gasteiger partial charge >= 0.3 is 0 Å². The van der Waals surface area contributed by atoms with Gasteiger partial charge in [0, 0.05) is 25.0 Å². The molecule has 1 aliphatic rings. The topological polar surface area (TPSA) is 33.7 Å². The molecule has 4 heteroatoms. The maximum absolute atomic E-state index is 5.64. The number of methoxy groups -OCH3 is 1. The summed E-state index contributed by atoms with van der Waals surface area (Å²) in [4.78, 5) is 2.38. The summed E-state index contributed by atoms with van der Waals surface area (Å²) in [6, 6.07) is 8.81. The van der Waals surface area contributed by atoms with Gasteiger partial charge in [0.2, 0.25) is 0 Å². The third-order valence-electron chi connectivity index (χ3n) is 4.01. The lowest BCUT2D eigenvalue weighted by Gasteiger charge is -2.25. The standard InChI is InChI=1S/C17H28N2O2/c1-4-9-18-17-13-21-12-15(17)11-19(2)10-14-5-7-16(20-3)8-6-14/h5-8,15,17-18H,4,9-13H2,1-3H3. The van der Waals surface area contributed by atoms with Crippen molar-refractivity contribution in [3.8, 4) is 5.75 Å². The zero-order chi connectivity index (χ0) is 15.1. The molecule has 1 saturated heterocycles. The number of benzene rings is 1. The van der Waals surface area contributed by atoms with Crippen LogP contribution < -0.4 is 10.1 Å². The zero-order valence-corrected chi connectivity index (χ0v) is 13.5. The number of nitrogens with zero attached hydrogens (tertiary/aromatic N) is 1. The number of nitrogens with one attached hydrogen (secondary N) is 1. The summed E-state index contributed by atoms with van der Waals surface area (Å²) in [6.45, 7) is 7.02. The smallest absolute Gasteiger partial charge is 0.118 e. The van der Waals surface area contributed by atoms with Gasteiger partial charge in [0.25, 0.3) is 0 Å². The first kappa shape index (κ1) is 16.3. The Morgan fingerprint density at radius 3 is 2.71 bits per heavy atom. The molecule has 2 rings (SSSR count). The molecule has 0 aliphatic carbocycles. The molecule has 1 aromatic carbocycles. The number of ether oxygens (including phenoxy) is 2. The number of hydrogen-bond donors (Lipinski definition) is 1. The number of hydrogen-bond acceptors (Lipinski definition) is 4. The molecule has 1 fully saturated rings. The minimum atomic E-state index is 0.503. The molecule has 2 unspecified atom stereocenters. The Labute approximate surface area is 128 Å². The fourth-order valence-electron chi connectivity index (χ4n) is 2.84. The van der Waals surface area contributed by atoms with E-state index in [1.165, 1.54) is 12.0 Å². The molecule has 118 valence electrons. The van der Waals surface area contributed by atoms with E-state index in [0.29, 0.717) is 12.0 Å². The lowest BCUT2D eigenvalue weighted by Crippen LogP contribution is -2.40. The van der Waals surface area contributed by atoms with E-state index in [-0.39, 0.29) is 0 Å². The van der Waals surface area contributed by atoms with Gasteiger partial charge in [-0.2, -0.15) is 0 Å². The van der Waals surface area contributed by atoms with Gasteiger partial charge in [-0.15, -0.1) is 0 Å². The van der Waals surface area contributed by atoms with Gasteiger partial charge in [0.05, 0.1) is 20.3 Å². The van der Waals surface area contributed by atoms with E-state index in [1.54, 1.807) is 7.11 Å². The predicted octanol–water partition coefficient (Wildman–Crippen LogP) is 2.14. The Bertz CT molecular complexity index is 408. The largest absolute Gasteiger partial charge is 0.497 e. The van der Waals surface area contributed by atoms with E-state index in [9.17, 15) is 0 Å². The second kappa shape index (κ2) is 8.37. The van der Waals surface area contributed by atoms with Crippen LogP contribution >= 0.6 is 0 Å². The van der Waals surface area contributed by atoms with Crippen LogP contribution in [0.15, 0.2) is 24.3 Å². The highest BCUT2D eigenvalue weighted by Crippen LogP contribution is 2.17. The Morgan fingerprint density at radius 2 is 2.05 bits per heavy atom. The fourth-order valence-corrected chi connectivity index (χ4v) is 2.84.